The second kappa shape index (κ2) is 5.18. The first-order valence-corrected chi connectivity index (χ1v) is 4.27. The van der Waals surface area contributed by atoms with Crippen molar-refractivity contribution in [1.82, 2.24) is 10.3 Å². The number of oxazole rings is 1. The van der Waals surface area contributed by atoms with Crippen molar-refractivity contribution in [3.05, 3.63) is 12.5 Å². The molecule has 72 valence electrons. The predicted octanol–water partition coefficient (Wildman–Crippen LogP) is 1.60. The Morgan fingerprint density at radius 3 is 3.15 bits per heavy atom. The molecule has 2 N–H and O–H groups in total. The van der Waals surface area contributed by atoms with Gasteiger partial charge in [-0.25, -0.2) is 9.78 Å². The third kappa shape index (κ3) is 3.59. The molecule has 0 saturated carbocycles. The molecule has 13 heavy (non-hydrogen) atoms. The van der Waals surface area contributed by atoms with Crippen LogP contribution in [0.15, 0.2) is 16.9 Å². The summed E-state index contributed by atoms with van der Waals surface area (Å²) in [7, 11) is 0. The molecule has 0 aliphatic rings. The van der Waals surface area contributed by atoms with Crippen LogP contribution in [-0.4, -0.2) is 17.6 Å². The highest BCUT2D eigenvalue weighted by Gasteiger charge is 2.02. The Labute approximate surface area is 76.5 Å². The van der Waals surface area contributed by atoms with E-state index in [0.29, 0.717) is 6.54 Å². The zero-order valence-corrected chi connectivity index (χ0v) is 7.54. The molecule has 5 heteroatoms. The normalized spacial score (nSPS) is 9.62. The summed E-state index contributed by atoms with van der Waals surface area (Å²) < 4.78 is 4.83. The summed E-state index contributed by atoms with van der Waals surface area (Å²) in [4.78, 5) is 14.8. The number of urea groups is 1. The van der Waals surface area contributed by atoms with Crippen LogP contribution < -0.4 is 10.6 Å². The number of amides is 2. The summed E-state index contributed by atoms with van der Waals surface area (Å²) in [5.41, 5.74) is 0. The minimum atomic E-state index is -0.282. The monoisotopic (exact) mass is 183 g/mol. The molecule has 0 aliphatic carbocycles. The maximum Gasteiger partial charge on any atom is 0.322 e. The highest BCUT2D eigenvalue weighted by molar-refractivity contribution is 5.86. The average Bonchev–Trinajstić information content (AvgIpc) is 2.57. The van der Waals surface area contributed by atoms with Gasteiger partial charge >= 0.3 is 12.0 Å². The molecule has 0 fully saturated rings. The summed E-state index contributed by atoms with van der Waals surface area (Å²) in [6, 6.07) is -0.0649. The number of nitrogens with one attached hydrogen (secondary N) is 2. The first kappa shape index (κ1) is 9.57. The molecule has 5 nitrogen and oxygen atoms in total. The van der Waals surface area contributed by atoms with Gasteiger partial charge in [-0.1, -0.05) is 13.3 Å². The van der Waals surface area contributed by atoms with E-state index in [1.807, 2.05) is 0 Å². The number of hydrogen-bond donors (Lipinski definition) is 2. The number of nitrogens with zero attached hydrogens (tertiary/aromatic N) is 1. The number of hydrogen-bond acceptors (Lipinski definition) is 3. The van der Waals surface area contributed by atoms with E-state index in [4.69, 9.17) is 4.42 Å². The van der Waals surface area contributed by atoms with Crippen LogP contribution in [-0.2, 0) is 0 Å². The Morgan fingerprint density at radius 1 is 1.69 bits per heavy atom. The van der Waals surface area contributed by atoms with Crippen LogP contribution in [0.1, 0.15) is 19.8 Å². The predicted molar refractivity (Wildman–Crippen MR) is 48.4 cm³/mol. The van der Waals surface area contributed by atoms with Gasteiger partial charge in [0.25, 0.3) is 0 Å². The lowest BCUT2D eigenvalue weighted by Gasteiger charge is -2.02. The molecular formula is C8H13N3O2. The summed E-state index contributed by atoms with van der Waals surface area (Å²) in [5, 5.41) is 5.12. The van der Waals surface area contributed by atoms with Gasteiger partial charge in [0.1, 0.15) is 6.26 Å². The van der Waals surface area contributed by atoms with Crippen molar-refractivity contribution in [1.29, 1.82) is 0 Å². The molecule has 0 bridgehead atoms. The highest BCUT2D eigenvalue weighted by Crippen LogP contribution is 1.99. The topological polar surface area (TPSA) is 67.2 Å². The lowest BCUT2D eigenvalue weighted by atomic mass is 10.3. The molecule has 2 amide bonds. The second-order valence-electron chi connectivity index (χ2n) is 2.57. The average molecular weight is 183 g/mol. The van der Waals surface area contributed by atoms with E-state index in [1.165, 1.54) is 12.5 Å². The lowest BCUT2D eigenvalue weighted by Crippen LogP contribution is -2.29. The van der Waals surface area contributed by atoms with Gasteiger partial charge in [-0.2, -0.15) is 0 Å². The van der Waals surface area contributed by atoms with Crippen LogP contribution in [0.25, 0.3) is 0 Å². The lowest BCUT2D eigenvalue weighted by molar-refractivity contribution is 0.251. The molecule has 0 unspecified atom stereocenters. The number of carbonyl (C=O) groups excluding carboxylic acids is 1. The Balaban J connectivity index is 2.18. The minimum absolute atomic E-state index is 0.217. The van der Waals surface area contributed by atoms with Crippen molar-refractivity contribution in [3.63, 3.8) is 0 Å². The molecule has 1 heterocycles. The van der Waals surface area contributed by atoms with E-state index in [1.54, 1.807) is 0 Å². The summed E-state index contributed by atoms with van der Waals surface area (Å²) in [5.74, 6) is 0. The third-order valence-corrected chi connectivity index (χ3v) is 1.47. The zero-order chi connectivity index (χ0) is 9.52. The summed E-state index contributed by atoms with van der Waals surface area (Å²) in [6.07, 6.45) is 4.90. The number of aromatic nitrogens is 1. The Morgan fingerprint density at radius 2 is 2.54 bits per heavy atom. The minimum Gasteiger partial charge on any atom is -0.432 e. The van der Waals surface area contributed by atoms with E-state index in [2.05, 4.69) is 22.5 Å². The molecule has 0 radical (unpaired) electrons. The molecule has 0 aliphatic heterocycles. The first-order valence-electron chi connectivity index (χ1n) is 4.27. The Kier molecular flexibility index (Phi) is 3.81. The van der Waals surface area contributed by atoms with E-state index in [-0.39, 0.29) is 12.0 Å². The van der Waals surface area contributed by atoms with E-state index in [0.717, 1.165) is 12.8 Å². The fraction of sp³-hybridized carbons (Fsp3) is 0.500. The van der Waals surface area contributed by atoms with Crippen molar-refractivity contribution in [2.75, 3.05) is 11.9 Å². The van der Waals surface area contributed by atoms with Crippen LogP contribution >= 0.6 is 0 Å². The number of unbranched alkanes of at least 4 members (excludes halogenated alkanes) is 1. The molecule has 1 aromatic heterocycles. The fourth-order valence-corrected chi connectivity index (χ4v) is 0.805. The molecule has 0 saturated heterocycles. The second-order valence-corrected chi connectivity index (χ2v) is 2.57. The van der Waals surface area contributed by atoms with Crippen molar-refractivity contribution in [3.8, 4) is 0 Å². The van der Waals surface area contributed by atoms with Crippen LogP contribution in [0.5, 0.6) is 0 Å². The van der Waals surface area contributed by atoms with Crippen molar-refractivity contribution in [2.24, 2.45) is 0 Å². The Bertz CT molecular complexity index is 246. The molecule has 1 rings (SSSR count). The van der Waals surface area contributed by atoms with Gasteiger partial charge in [-0.05, 0) is 6.42 Å². The van der Waals surface area contributed by atoms with Gasteiger partial charge in [-0.15, -0.1) is 0 Å². The Hall–Kier alpha value is -1.52. The van der Waals surface area contributed by atoms with E-state index >= 15 is 0 Å². The van der Waals surface area contributed by atoms with Crippen LogP contribution in [0.4, 0.5) is 10.8 Å². The van der Waals surface area contributed by atoms with Crippen LogP contribution in [0.3, 0.4) is 0 Å². The zero-order valence-electron chi connectivity index (χ0n) is 7.54. The maximum absolute atomic E-state index is 11.1. The van der Waals surface area contributed by atoms with Gasteiger partial charge in [0.15, 0.2) is 0 Å². The van der Waals surface area contributed by atoms with Gasteiger partial charge in [0.2, 0.25) is 0 Å². The number of anilines is 1. The van der Waals surface area contributed by atoms with Gasteiger partial charge in [0.05, 0.1) is 6.20 Å². The largest absolute Gasteiger partial charge is 0.432 e. The van der Waals surface area contributed by atoms with Crippen molar-refractivity contribution in [2.45, 2.75) is 19.8 Å². The fourth-order valence-electron chi connectivity index (χ4n) is 0.805. The van der Waals surface area contributed by atoms with Gasteiger partial charge in [-0.3, -0.25) is 5.32 Å². The van der Waals surface area contributed by atoms with Gasteiger partial charge < -0.3 is 9.73 Å². The SMILES string of the molecule is CCCCNC(=O)Nc1ncco1. The van der Waals surface area contributed by atoms with Crippen LogP contribution in [0, 0.1) is 0 Å². The van der Waals surface area contributed by atoms with E-state index in [9.17, 15) is 4.79 Å². The smallest absolute Gasteiger partial charge is 0.322 e. The first-order chi connectivity index (χ1) is 6.33. The standard InChI is InChI=1S/C8H13N3O2/c1-2-3-4-9-7(12)11-8-10-5-6-13-8/h5-6H,2-4H2,1H3,(H2,9,10,11,12). The summed E-state index contributed by atoms with van der Waals surface area (Å²) in [6.45, 7) is 2.73. The molecule has 1 aromatic rings. The van der Waals surface area contributed by atoms with Gasteiger partial charge in [0, 0.05) is 6.54 Å². The molecule has 0 spiro atoms. The van der Waals surface area contributed by atoms with Crippen molar-refractivity contribution >= 4 is 12.0 Å². The van der Waals surface area contributed by atoms with Crippen molar-refractivity contribution < 1.29 is 9.21 Å². The third-order valence-electron chi connectivity index (χ3n) is 1.47. The highest BCUT2D eigenvalue weighted by atomic mass is 16.4. The summed E-state index contributed by atoms with van der Waals surface area (Å²) >= 11 is 0. The van der Waals surface area contributed by atoms with Crippen LogP contribution in [0.2, 0.25) is 0 Å². The maximum atomic E-state index is 11.1. The molecule has 0 atom stereocenters. The molecular weight excluding hydrogens is 170 g/mol. The number of rotatable bonds is 4. The number of carbonyl (C=O) groups is 1. The molecule has 0 aromatic carbocycles. The van der Waals surface area contributed by atoms with E-state index < -0.39 is 0 Å². The quantitative estimate of drug-likeness (QED) is 0.696.